The lowest BCUT2D eigenvalue weighted by atomic mass is 9.89. The number of rotatable bonds is 8. The second kappa shape index (κ2) is 15.0. The first-order valence-corrected chi connectivity index (χ1v) is 18.6. The van der Waals surface area contributed by atoms with E-state index in [-0.39, 0.29) is 16.7 Å². The van der Waals surface area contributed by atoms with Crippen LogP contribution in [0.15, 0.2) is 236 Å². The molecular formula is C56H39N. The smallest absolute Gasteiger partial charge is 0.0651 e. The van der Waals surface area contributed by atoms with Crippen LogP contribution in [-0.2, 0) is 0 Å². The largest absolute Gasteiger partial charge is 0.310 e. The van der Waals surface area contributed by atoms with Crippen LogP contribution in [0.3, 0.4) is 0 Å². The molecule has 10 aromatic rings. The molecule has 1 heteroatoms. The lowest BCUT2D eigenvalue weighted by molar-refractivity contribution is 1.28. The fraction of sp³-hybridized carbons (Fsp3) is 0. The standard InChI is InChI=1S/C56H39N/c1-3-13-40(14-4-1)41-25-27-42(28-26-41)43-29-34-49(35-30-43)57(51-21-11-20-48(39-51)53-24-12-19-44-17-7-9-22-52(44)53)50-36-31-47(32-37-50)56-54-23-10-8-18-46(54)33-38-55(56)45-15-5-2-6-16-45/h1-39H/i11D,20D,21D,29D,30D,31D,32D,34D,35D,36D,37D,39D. The van der Waals surface area contributed by atoms with Gasteiger partial charge in [0.15, 0.2) is 0 Å². The third kappa shape index (κ3) is 6.66. The van der Waals surface area contributed by atoms with Crippen molar-refractivity contribution >= 4 is 38.6 Å². The molecule has 0 radical (unpaired) electrons. The summed E-state index contributed by atoms with van der Waals surface area (Å²) in [6.07, 6.45) is 0. The van der Waals surface area contributed by atoms with E-state index >= 15 is 0 Å². The molecule has 0 heterocycles. The molecule has 0 amide bonds. The van der Waals surface area contributed by atoms with Gasteiger partial charge in [-0.2, -0.15) is 0 Å². The molecule has 0 fully saturated rings. The van der Waals surface area contributed by atoms with E-state index in [9.17, 15) is 16.4 Å². The quantitative estimate of drug-likeness (QED) is 0.150. The molecule has 1 nitrogen and oxygen atoms in total. The van der Waals surface area contributed by atoms with Gasteiger partial charge in [0.1, 0.15) is 0 Å². The molecular weight excluding hydrogens is 687 g/mol. The molecule has 10 rings (SSSR count). The summed E-state index contributed by atoms with van der Waals surface area (Å²) in [5.74, 6) is 0. The van der Waals surface area contributed by atoms with Gasteiger partial charge in [-0.15, -0.1) is 0 Å². The van der Waals surface area contributed by atoms with Gasteiger partial charge >= 0.3 is 0 Å². The average Bonchev–Trinajstić information content (AvgIpc) is 3.38. The molecule has 57 heavy (non-hydrogen) atoms. The molecule has 0 saturated heterocycles. The van der Waals surface area contributed by atoms with Crippen LogP contribution < -0.4 is 4.90 Å². The van der Waals surface area contributed by atoms with Crippen LogP contribution in [0.25, 0.3) is 77.2 Å². The summed E-state index contributed by atoms with van der Waals surface area (Å²) < 4.78 is 115. The van der Waals surface area contributed by atoms with Gasteiger partial charge in [-0.1, -0.05) is 200 Å². The highest BCUT2D eigenvalue weighted by molar-refractivity contribution is 6.04. The number of hydrogen-bond donors (Lipinski definition) is 0. The number of anilines is 3. The molecule has 0 aliphatic carbocycles. The normalized spacial score (nSPS) is 14.1. The second-order valence-corrected chi connectivity index (χ2v) is 13.6. The zero-order valence-corrected chi connectivity index (χ0v) is 30.5. The van der Waals surface area contributed by atoms with Crippen molar-refractivity contribution in [2.75, 3.05) is 4.90 Å². The van der Waals surface area contributed by atoms with Crippen molar-refractivity contribution in [3.05, 3.63) is 236 Å². The van der Waals surface area contributed by atoms with Gasteiger partial charge in [-0.25, -0.2) is 0 Å². The summed E-state index contributed by atoms with van der Waals surface area (Å²) in [6, 6.07) is 42.7. The molecule has 0 saturated carbocycles. The Labute approximate surface area is 351 Å². The molecule has 0 aromatic heterocycles. The summed E-state index contributed by atoms with van der Waals surface area (Å²) in [7, 11) is 0. The molecule has 0 spiro atoms. The number of benzene rings is 10. The van der Waals surface area contributed by atoms with Gasteiger partial charge in [0.25, 0.3) is 0 Å². The molecule has 0 atom stereocenters. The van der Waals surface area contributed by atoms with Crippen molar-refractivity contribution in [1.82, 2.24) is 0 Å². The van der Waals surface area contributed by atoms with Crippen LogP contribution >= 0.6 is 0 Å². The topological polar surface area (TPSA) is 3.24 Å². The van der Waals surface area contributed by atoms with Crippen LogP contribution in [0.2, 0.25) is 0 Å². The molecule has 0 N–H and O–H groups in total. The summed E-state index contributed by atoms with van der Waals surface area (Å²) in [4.78, 5) is 0.908. The van der Waals surface area contributed by atoms with E-state index in [1.807, 2.05) is 127 Å². The third-order valence-electron chi connectivity index (χ3n) is 10.1. The van der Waals surface area contributed by atoms with Gasteiger partial charge in [0.05, 0.1) is 16.4 Å². The lowest BCUT2D eigenvalue weighted by Gasteiger charge is -2.27. The first-order chi connectivity index (χ1) is 33.3. The van der Waals surface area contributed by atoms with Gasteiger partial charge < -0.3 is 4.90 Å². The Morgan fingerprint density at radius 3 is 1.51 bits per heavy atom. The first kappa shape index (κ1) is 23.4. The van der Waals surface area contributed by atoms with E-state index in [2.05, 4.69) is 0 Å². The number of nitrogens with zero attached hydrogens (tertiary/aromatic N) is 1. The molecule has 0 aliphatic rings. The van der Waals surface area contributed by atoms with E-state index < -0.39 is 89.6 Å². The Morgan fingerprint density at radius 2 is 0.825 bits per heavy atom. The zero-order chi connectivity index (χ0) is 48.4. The van der Waals surface area contributed by atoms with E-state index in [1.165, 1.54) is 0 Å². The maximum atomic E-state index is 9.92. The Hall–Kier alpha value is -7.48. The fourth-order valence-corrected chi connectivity index (χ4v) is 7.32. The molecule has 0 unspecified atom stereocenters. The SMILES string of the molecule is [2H]c1c([2H])c(-c2cccc3ccccc23)c([2H])c(N(c2c([2H])c([2H])c(-c3ccc(-c4ccccc4)cc3)c([2H])c2[2H])c2c([2H])c([2H])c(-c3c(-c4ccccc4)ccc4ccccc34)c([2H])c2[2H])c1[2H]. The Balaban J connectivity index is 1.29. The zero-order valence-electron chi connectivity index (χ0n) is 42.5. The molecule has 0 aliphatic heterocycles. The van der Waals surface area contributed by atoms with E-state index in [1.54, 1.807) is 36.4 Å². The van der Waals surface area contributed by atoms with Gasteiger partial charge in [0.2, 0.25) is 0 Å². The monoisotopic (exact) mass is 737 g/mol. The van der Waals surface area contributed by atoms with Crippen LogP contribution in [0.4, 0.5) is 17.1 Å². The second-order valence-electron chi connectivity index (χ2n) is 13.6. The first-order valence-electron chi connectivity index (χ1n) is 24.6. The van der Waals surface area contributed by atoms with Crippen molar-refractivity contribution in [3.8, 4) is 55.6 Å². The Kier molecular flexibility index (Phi) is 6.16. The van der Waals surface area contributed by atoms with Crippen molar-refractivity contribution in [2.45, 2.75) is 0 Å². The summed E-state index contributed by atoms with van der Waals surface area (Å²) in [6.45, 7) is 0. The van der Waals surface area contributed by atoms with Crippen molar-refractivity contribution < 1.29 is 16.4 Å². The van der Waals surface area contributed by atoms with Crippen LogP contribution in [0.1, 0.15) is 16.4 Å². The van der Waals surface area contributed by atoms with Gasteiger partial charge in [-0.3, -0.25) is 0 Å². The predicted molar refractivity (Wildman–Crippen MR) is 243 cm³/mol. The van der Waals surface area contributed by atoms with E-state index in [0.29, 0.717) is 33.0 Å². The predicted octanol–water partition coefficient (Wildman–Crippen LogP) is 15.8. The van der Waals surface area contributed by atoms with E-state index in [4.69, 9.17) is 0 Å². The van der Waals surface area contributed by atoms with Crippen molar-refractivity contribution in [3.63, 3.8) is 0 Å². The highest BCUT2D eigenvalue weighted by atomic mass is 15.1. The average molecular weight is 738 g/mol. The maximum absolute atomic E-state index is 9.92. The van der Waals surface area contributed by atoms with Gasteiger partial charge in [-0.05, 0) is 113 Å². The lowest BCUT2D eigenvalue weighted by Crippen LogP contribution is -2.10. The third-order valence-corrected chi connectivity index (χ3v) is 10.1. The Morgan fingerprint density at radius 1 is 0.298 bits per heavy atom. The van der Waals surface area contributed by atoms with Crippen LogP contribution in [-0.4, -0.2) is 0 Å². The fourth-order valence-electron chi connectivity index (χ4n) is 7.32. The highest BCUT2D eigenvalue weighted by Crippen LogP contribution is 2.42. The molecule has 0 bridgehead atoms. The summed E-state index contributed by atoms with van der Waals surface area (Å²) in [5, 5.41) is 2.83. The Bertz CT molecular complexity index is 3630. The summed E-state index contributed by atoms with van der Waals surface area (Å²) in [5.41, 5.74) is 2.51. The number of fused-ring (bicyclic) bond motifs is 2. The van der Waals surface area contributed by atoms with Crippen molar-refractivity contribution in [1.29, 1.82) is 0 Å². The number of hydrogen-bond acceptors (Lipinski definition) is 1. The molecule has 10 aromatic carbocycles. The van der Waals surface area contributed by atoms with E-state index in [0.717, 1.165) is 32.4 Å². The molecule has 268 valence electrons. The van der Waals surface area contributed by atoms with Gasteiger partial charge in [0, 0.05) is 17.1 Å². The minimum atomic E-state index is -0.729. The highest BCUT2D eigenvalue weighted by Gasteiger charge is 2.17. The minimum Gasteiger partial charge on any atom is -0.310 e. The maximum Gasteiger partial charge on any atom is 0.0651 e. The van der Waals surface area contributed by atoms with Crippen LogP contribution in [0.5, 0.6) is 0 Å². The van der Waals surface area contributed by atoms with Crippen LogP contribution in [0, 0.1) is 0 Å². The summed E-state index contributed by atoms with van der Waals surface area (Å²) >= 11 is 0. The minimum absolute atomic E-state index is 0.0467. The van der Waals surface area contributed by atoms with Crippen molar-refractivity contribution in [2.24, 2.45) is 0 Å².